The quantitative estimate of drug-likeness (QED) is 0.408. The number of allylic oxidation sites excluding steroid dienone is 2. The Kier molecular flexibility index (Phi) is 12.8. The summed E-state index contributed by atoms with van der Waals surface area (Å²) in [7, 11) is 0. The summed E-state index contributed by atoms with van der Waals surface area (Å²) in [5.74, 6) is -2.92. The van der Waals surface area contributed by atoms with Crippen LogP contribution in [0.5, 0.6) is 0 Å². The van der Waals surface area contributed by atoms with Crippen molar-refractivity contribution in [3.63, 3.8) is 0 Å². The molecule has 3 amide bonds. The fraction of sp³-hybridized carbons (Fsp3) is 0.441. The molecule has 0 radical (unpaired) electrons. The van der Waals surface area contributed by atoms with Crippen LogP contribution in [0.4, 0.5) is 10.5 Å². The van der Waals surface area contributed by atoms with Gasteiger partial charge in [0.2, 0.25) is 11.8 Å². The second-order valence-electron chi connectivity index (χ2n) is 11.9. The maximum Gasteiger partial charge on any atom is 0.411 e. The van der Waals surface area contributed by atoms with Gasteiger partial charge in [0.05, 0.1) is 31.0 Å². The molecule has 14 heteroatoms. The zero-order chi connectivity index (χ0) is 34.6. The number of rotatable bonds is 4. The van der Waals surface area contributed by atoms with Gasteiger partial charge in [-0.05, 0) is 38.0 Å². The molecular formula is C34H41N5O9. The number of oxazole rings is 1. The summed E-state index contributed by atoms with van der Waals surface area (Å²) in [6, 6.07) is 2.40. The van der Waals surface area contributed by atoms with E-state index in [-0.39, 0.29) is 55.8 Å². The van der Waals surface area contributed by atoms with Gasteiger partial charge >= 0.3 is 12.1 Å². The summed E-state index contributed by atoms with van der Waals surface area (Å²) in [5.41, 5.74) is 1.08. The molecule has 48 heavy (non-hydrogen) atoms. The molecule has 2 aliphatic heterocycles. The number of nitrogens with one attached hydrogen (secondary N) is 2. The zero-order valence-electron chi connectivity index (χ0n) is 27.2. The molecule has 0 spiro atoms. The second-order valence-corrected chi connectivity index (χ2v) is 11.9. The summed E-state index contributed by atoms with van der Waals surface area (Å²) in [6.07, 6.45) is 9.93. The van der Waals surface area contributed by atoms with Crippen molar-refractivity contribution in [1.82, 2.24) is 20.2 Å². The van der Waals surface area contributed by atoms with Crippen LogP contribution in [-0.4, -0.2) is 87.6 Å². The number of hydrogen-bond acceptors (Lipinski definition) is 11. The van der Waals surface area contributed by atoms with Crippen molar-refractivity contribution in [3.05, 3.63) is 78.3 Å². The van der Waals surface area contributed by atoms with Crippen molar-refractivity contribution in [1.29, 1.82) is 0 Å². The molecule has 256 valence electrons. The molecule has 14 nitrogen and oxygen atoms in total. The van der Waals surface area contributed by atoms with Crippen LogP contribution in [0.15, 0.2) is 71.2 Å². The summed E-state index contributed by atoms with van der Waals surface area (Å²) in [6.45, 7) is 5.63. The Morgan fingerprint density at radius 2 is 2.06 bits per heavy atom. The highest BCUT2D eigenvalue weighted by atomic mass is 16.6. The molecule has 0 unspecified atom stereocenters. The van der Waals surface area contributed by atoms with E-state index in [2.05, 4.69) is 20.6 Å². The molecule has 0 aromatic carbocycles. The first-order valence-electron chi connectivity index (χ1n) is 15.8. The van der Waals surface area contributed by atoms with Gasteiger partial charge in [0, 0.05) is 37.5 Å². The van der Waals surface area contributed by atoms with E-state index in [1.807, 2.05) is 0 Å². The Morgan fingerprint density at radius 3 is 2.83 bits per heavy atom. The number of Topliss-reactive ketones (excluding diaryl/α,β-unsaturated/α-hetero) is 1. The minimum atomic E-state index is -1.05. The number of nitrogens with zero attached hydrogens (tertiary/aromatic N) is 3. The highest BCUT2D eigenvalue weighted by Crippen LogP contribution is 2.26. The van der Waals surface area contributed by atoms with Crippen LogP contribution >= 0.6 is 0 Å². The van der Waals surface area contributed by atoms with E-state index in [1.165, 1.54) is 23.2 Å². The number of aliphatic hydroxyl groups excluding tert-OH is 1. The molecule has 4 heterocycles. The summed E-state index contributed by atoms with van der Waals surface area (Å²) < 4.78 is 16.8. The predicted octanol–water partition coefficient (Wildman–Crippen LogP) is 3.16. The average Bonchev–Trinajstić information content (AvgIpc) is 3.73. The van der Waals surface area contributed by atoms with E-state index < -0.39 is 48.1 Å². The van der Waals surface area contributed by atoms with Gasteiger partial charge < -0.3 is 29.2 Å². The first-order valence-corrected chi connectivity index (χ1v) is 15.8. The first-order chi connectivity index (χ1) is 23.0. The molecule has 2 bridgehead atoms. The molecule has 4 rings (SSSR count). The molecule has 0 saturated carbocycles. The van der Waals surface area contributed by atoms with Gasteiger partial charge in [0.15, 0.2) is 5.69 Å². The number of esters is 1. The predicted molar refractivity (Wildman–Crippen MR) is 172 cm³/mol. The van der Waals surface area contributed by atoms with Crippen molar-refractivity contribution in [2.45, 2.75) is 64.7 Å². The third-order valence-electron chi connectivity index (χ3n) is 7.84. The van der Waals surface area contributed by atoms with Gasteiger partial charge in [-0.25, -0.2) is 14.6 Å². The monoisotopic (exact) mass is 663 g/mol. The van der Waals surface area contributed by atoms with Crippen LogP contribution in [0.2, 0.25) is 0 Å². The molecule has 2 aliphatic rings. The minimum absolute atomic E-state index is 0.0191. The van der Waals surface area contributed by atoms with Crippen LogP contribution in [0.3, 0.4) is 0 Å². The van der Waals surface area contributed by atoms with E-state index in [9.17, 15) is 29.1 Å². The molecule has 1 fully saturated rings. The molecule has 2 aromatic rings. The number of fused-ring (bicyclic) bond motifs is 3. The number of aliphatic hydroxyl groups is 1. The lowest BCUT2D eigenvalue weighted by atomic mass is 9.93. The summed E-state index contributed by atoms with van der Waals surface area (Å²) in [4.78, 5) is 74.1. The molecule has 3 N–H and O–H groups in total. The summed E-state index contributed by atoms with van der Waals surface area (Å²) in [5, 5.41) is 15.7. The number of amides is 3. The third kappa shape index (κ3) is 10.5. The highest BCUT2D eigenvalue weighted by Gasteiger charge is 2.39. The van der Waals surface area contributed by atoms with E-state index >= 15 is 0 Å². The first kappa shape index (κ1) is 35.7. The van der Waals surface area contributed by atoms with Crippen molar-refractivity contribution >= 4 is 35.3 Å². The SMILES string of the molecule is CC1=C\[C@@H](O)CC(=O)Cc2nc(co2)C(=O)N2CCC[C@@H]2C(=O)O[C@H]([C@@H](C)COC(=O)Nc2cccnc2)[C@H](C)/C=C/C(=O)NC\C=C\1. The van der Waals surface area contributed by atoms with E-state index in [4.69, 9.17) is 13.9 Å². The number of carbonyl (C=O) groups is 5. The number of pyridine rings is 1. The van der Waals surface area contributed by atoms with Crippen LogP contribution < -0.4 is 10.6 Å². The topological polar surface area (TPSA) is 190 Å². The van der Waals surface area contributed by atoms with Gasteiger partial charge in [0.1, 0.15) is 24.2 Å². The maximum atomic E-state index is 13.6. The van der Waals surface area contributed by atoms with Gasteiger partial charge in [-0.1, -0.05) is 43.7 Å². The smallest absolute Gasteiger partial charge is 0.411 e. The second kappa shape index (κ2) is 17.2. The maximum absolute atomic E-state index is 13.6. The zero-order valence-corrected chi connectivity index (χ0v) is 27.2. The molecule has 5 atom stereocenters. The molecule has 2 aromatic heterocycles. The molecule has 1 saturated heterocycles. The largest absolute Gasteiger partial charge is 0.460 e. The lowest BCUT2D eigenvalue weighted by Gasteiger charge is -2.30. The lowest BCUT2D eigenvalue weighted by Crippen LogP contribution is -2.44. The standard InChI is InChI=1S/C34H41N5O9/c1-21-7-4-13-36-29(42)11-10-22(2)31(23(3)19-47-34(45)37-24-8-5-12-35-18-24)48-33(44)28-9-6-14-39(28)32(43)27-20-46-30(38-27)17-26(41)16-25(40)15-21/h4-5,7-8,10-12,15,18,20,22-23,25,28,31,40H,6,9,13-14,16-17,19H2,1-3H3,(H,36,42)(H,37,45)/b7-4+,11-10+,21-15+/t22-,23+,25-,28-,31+/m1/s1. The number of carbonyl (C=O) groups excluding carboxylic acids is 5. The Bertz CT molecular complexity index is 1550. The molecular weight excluding hydrogens is 622 g/mol. The Hall–Kier alpha value is -5.11. The highest BCUT2D eigenvalue weighted by molar-refractivity contribution is 5.95. The Balaban J connectivity index is 1.54. The van der Waals surface area contributed by atoms with Crippen LogP contribution in [0.25, 0.3) is 0 Å². The summed E-state index contributed by atoms with van der Waals surface area (Å²) >= 11 is 0. The van der Waals surface area contributed by atoms with E-state index in [0.29, 0.717) is 24.1 Å². The number of ketones is 1. The lowest BCUT2D eigenvalue weighted by molar-refractivity contribution is -0.159. The fourth-order valence-corrected chi connectivity index (χ4v) is 5.44. The fourth-order valence-electron chi connectivity index (χ4n) is 5.44. The Morgan fingerprint density at radius 1 is 1.25 bits per heavy atom. The number of ether oxygens (including phenoxy) is 2. The normalized spacial score (nSPS) is 26.2. The van der Waals surface area contributed by atoms with Crippen LogP contribution in [0.1, 0.15) is 56.4 Å². The molecule has 0 aliphatic carbocycles. The Labute approximate surface area is 278 Å². The van der Waals surface area contributed by atoms with Crippen LogP contribution in [-0.2, 0) is 30.3 Å². The van der Waals surface area contributed by atoms with Gasteiger partial charge in [-0.15, -0.1) is 0 Å². The minimum Gasteiger partial charge on any atom is -0.460 e. The third-order valence-corrected chi connectivity index (χ3v) is 7.84. The average molecular weight is 664 g/mol. The number of hydrogen-bond donors (Lipinski definition) is 3. The van der Waals surface area contributed by atoms with Crippen molar-refractivity contribution < 1.29 is 43.0 Å². The van der Waals surface area contributed by atoms with Crippen molar-refractivity contribution in [2.75, 3.05) is 25.0 Å². The van der Waals surface area contributed by atoms with Crippen molar-refractivity contribution in [2.24, 2.45) is 11.8 Å². The van der Waals surface area contributed by atoms with E-state index in [1.54, 1.807) is 57.3 Å². The van der Waals surface area contributed by atoms with Gasteiger partial charge in [0.25, 0.3) is 5.91 Å². The van der Waals surface area contributed by atoms with Gasteiger partial charge in [-0.3, -0.25) is 24.7 Å². The number of cyclic esters (lactones) is 1. The van der Waals surface area contributed by atoms with Crippen molar-refractivity contribution in [3.8, 4) is 0 Å². The van der Waals surface area contributed by atoms with Gasteiger partial charge in [-0.2, -0.15) is 0 Å². The van der Waals surface area contributed by atoms with E-state index in [0.717, 1.165) is 6.26 Å². The number of aromatic nitrogens is 2. The van der Waals surface area contributed by atoms with Crippen LogP contribution in [0, 0.1) is 11.8 Å². The number of anilines is 1.